The van der Waals surface area contributed by atoms with Crippen molar-refractivity contribution in [1.29, 1.82) is 0 Å². The van der Waals surface area contributed by atoms with Crippen LogP contribution in [0.1, 0.15) is 12.0 Å². The number of guanidine groups is 1. The number of aromatic nitrogens is 1. The number of fused-ring (bicyclic) bond motifs is 1. The minimum atomic E-state index is -4.12. The number of hydrogen-bond donors (Lipinski definition) is 3. The molecule has 0 bridgehead atoms. The molecule has 148 valence electrons. The Hall–Kier alpha value is -2.22. The van der Waals surface area contributed by atoms with Crippen molar-refractivity contribution < 1.29 is 13.2 Å². The number of halogens is 3. The van der Waals surface area contributed by atoms with Crippen molar-refractivity contribution in [3.05, 3.63) is 36.0 Å². The highest BCUT2D eigenvalue weighted by Crippen LogP contribution is 2.22. The number of nitrogens with zero attached hydrogens (tertiary/aromatic N) is 2. The summed E-state index contributed by atoms with van der Waals surface area (Å²) >= 11 is 0. The van der Waals surface area contributed by atoms with Crippen molar-refractivity contribution in [2.24, 2.45) is 10.9 Å². The van der Waals surface area contributed by atoms with Crippen molar-refractivity contribution >= 4 is 16.9 Å². The van der Waals surface area contributed by atoms with Crippen molar-refractivity contribution in [2.45, 2.75) is 19.0 Å². The van der Waals surface area contributed by atoms with Gasteiger partial charge in [0.25, 0.3) is 0 Å². The molecule has 1 aliphatic heterocycles. The zero-order valence-corrected chi connectivity index (χ0v) is 15.4. The second kappa shape index (κ2) is 8.65. The van der Waals surface area contributed by atoms with E-state index in [4.69, 9.17) is 0 Å². The molecule has 1 aromatic heterocycles. The Morgan fingerprint density at radius 3 is 2.89 bits per heavy atom. The predicted molar refractivity (Wildman–Crippen MR) is 102 cm³/mol. The van der Waals surface area contributed by atoms with E-state index in [-0.39, 0.29) is 5.92 Å². The molecule has 0 saturated carbocycles. The molecule has 1 unspecified atom stereocenters. The molecule has 1 saturated heterocycles. The smallest absolute Gasteiger partial charge is 0.361 e. The second-order valence-electron chi connectivity index (χ2n) is 6.99. The monoisotopic (exact) mass is 381 g/mol. The average Bonchev–Trinajstić information content (AvgIpc) is 3.23. The van der Waals surface area contributed by atoms with E-state index in [2.05, 4.69) is 32.7 Å². The van der Waals surface area contributed by atoms with E-state index in [9.17, 15) is 13.2 Å². The Balaban J connectivity index is 1.40. The number of rotatable bonds is 6. The van der Waals surface area contributed by atoms with Gasteiger partial charge in [-0.1, -0.05) is 18.2 Å². The Kier molecular flexibility index (Phi) is 6.26. The van der Waals surface area contributed by atoms with Crippen LogP contribution in [0.15, 0.2) is 35.5 Å². The highest BCUT2D eigenvalue weighted by atomic mass is 19.4. The van der Waals surface area contributed by atoms with Crippen LogP contribution in [0.3, 0.4) is 0 Å². The van der Waals surface area contributed by atoms with Crippen LogP contribution in [-0.4, -0.2) is 61.8 Å². The van der Waals surface area contributed by atoms with Crippen LogP contribution in [-0.2, 0) is 6.42 Å². The number of H-pyrrole nitrogens is 1. The molecule has 1 aromatic carbocycles. The van der Waals surface area contributed by atoms with Gasteiger partial charge in [0.15, 0.2) is 5.96 Å². The average molecular weight is 381 g/mol. The molecule has 27 heavy (non-hydrogen) atoms. The number of likely N-dealkylation sites (tertiary alicyclic amines) is 1. The first-order valence-corrected chi connectivity index (χ1v) is 9.23. The molecule has 3 rings (SSSR count). The summed E-state index contributed by atoms with van der Waals surface area (Å²) in [6, 6.07) is 8.18. The quantitative estimate of drug-likeness (QED) is 0.533. The molecule has 3 N–H and O–H groups in total. The first kappa shape index (κ1) is 19.5. The summed E-state index contributed by atoms with van der Waals surface area (Å²) in [5.41, 5.74) is 2.37. The first-order valence-electron chi connectivity index (χ1n) is 9.23. The molecular formula is C19H26F3N5. The molecule has 2 aromatic rings. The standard InChI is InChI=1S/C19H26F3N5/c1-23-18(26-10-14-7-9-27(12-14)13-19(20,21)22)24-8-6-15-11-25-17-5-3-2-4-16(15)17/h2-5,11,14,25H,6-10,12-13H2,1H3,(H2,23,24,26). The van der Waals surface area contributed by atoms with E-state index in [1.807, 2.05) is 18.3 Å². The molecule has 8 heteroatoms. The fraction of sp³-hybridized carbons (Fsp3) is 0.526. The van der Waals surface area contributed by atoms with Gasteiger partial charge in [-0.2, -0.15) is 13.2 Å². The van der Waals surface area contributed by atoms with Crippen LogP contribution in [0.2, 0.25) is 0 Å². The highest BCUT2D eigenvalue weighted by Gasteiger charge is 2.34. The van der Waals surface area contributed by atoms with Crippen LogP contribution in [0.4, 0.5) is 13.2 Å². The van der Waals surface area contributed by atoms with Gasteiger partial charge in [-0.05, 0) is 36.9 Å². The zero-order valence-electron chi connectivity index (χ0n) is 15.4. The largest absolute Gasteiger partial charge is 0.401 e. The SMILES string of the molecule is CN=C(NCCc1c[nH]c2ccccc12)NCC1CCN(CC(F)(F)F)C1. The molecule has 1 fully saturated rings. The van der Waals surface area contributed by atoms with E-state index >= 15 is 0 Å². The van der Waals surface area contributed by atoms with Crippen molar-refractivity contribution in [3.63, 3.8) is 0 Å². The van der Waals surface area contributed by atoms with Gasteiger partial charge in [-0.3, -0.25) is 9.89 Å². The summed E-state index contributed by atoms with van der Waals surface area (Å²) in [4.78, 5) is 8.94. The summed E-state index contributed by atoms with van der Waals surface area (Å²) in [7, 11) is 1.70. The summed E-state index contributed by atoms with van der Waals surface area (Å²) in [6.07, 6.45) is -0.471. The van der Waals surface area contributed by atoms with Gasteiger partial charge in [0.05, 0.1) is 6.54 Å². The number of benzene rings is 1. The van der Waals surface area contributed by atoms with Gasteiger partial charge in [0.2, 0.25) is 0 Å². The minimum Gasteiger partial charge on any atom is -0.361 e. The number of nitrogens with one attached hydrogen (secondary N) is 3. The van der Waals surface area contributed by atoms with Crippen molar-refractivity contribution in [2.75, 3.05) is 39.8 Å². The minimum absolute atomic E-state index is 0.208. The second-order valence-corrected chi connectivity index (χ2v) is 6.99. The van der Waals surface area contributed by atoms with Crippen LogP contribution in [0.5, 0.6) is 0 Å². The number of aliphatic imine (C=N–C) groups is 1. The maximum absolute atomic E-state index is 12.5. The number of aromatic amines is 1. The van der Waals surface area contributed by atoms with E-state index in [1.54, 1.807) is 7.05 Å². The molecule has 2 heterocycles. The Morgan fingerprint density at radius 2 is 2.11 bits per heavy atom. The third kappa shape index (κ3) is 5.63. The van der Waals surface area contributed by atoms with E-state index in [0.717, 1.165) is 24.9 Å². The summed E-state index contributed by atoms with van der Waals surface area (Å²) < 4.78 is 37.4. The van der Waals surface area contributed by atoms with Crippen LogP contribution in [0.25, 0.3) is 10.9 Å². The normalized spacial score (nSPS) is 19.0. The summed E-state index contributed by atoms with van der Waals surface area (Å²) in [5, 5.41) is 7.73. The Labute approximate surface area is 157 Å². The van der Waals surface area contributed by atoms with Crippen LogP contribution < -0.4 is 10.6 Å². The van der Waals surface area contributed by atoms with Crippen molar-refractivity contribution in [1.82, 2.24) is 20.5 Å². The van der Waals surface area contributed by atoms with Crippen molar-refractivity contribution in [3.8, 4) is 0 Å². The zero-order chi connectivity index (χ0) is 19.3. The van der Waals surface area contributed by atoms with Crippen LogP contribution >= 0.6 is 0 Å². The maximum Gasteiger partial charge on any atom is 0.401 e. The summed E-state index contributed by atoms with van der Waals surface area (Å²) in [5.74, 6) is 0.892. The number of alkyl halides is 3. The lowest BCUT2D eigenvalue weighted by molar-refractivity contribution is -0.143. The van der Waals surface area contributed by atoms with Gasteiger partial charge in [0.1, 0.15) is 0 Å². The lowest BCUT2D eigenvalue weighted by Crippen LogP contribution is -2.41. The molecule has 0 radical (unpaired) electrons. The molecule has 0 spiro atoms. The van der Waals surface area contributed by atoms with Crippen LogP contribution in [0, 0.1) is 5.92 Å². The van der Waals surface area contributed by atoms with Gasteiger partial charge >= 0.3 is 6.18 Å². The molecule has 1 aliphatic rings. The highest BCUT2D eigenvalue weighted by molar-refractivity contribution is 5.83. The summed E-state index contributed by atoms with van der Waals surface area (Å²) in [6.45, 7) is 1.51. The molecule has 0 aliphatic carbocycles. The predicted octanol–water partition coefficient (Wildman–Crippen LogP) is 2.76. The fourth-order valence-corrected chi connectivity index (χ4v) is 3.59. The third-order valence-corrected chi connectivity index (χ3v) is 4.92. The number of hydrogen-bond acceptors (Lipinski definition) is 2. The van der Waals surface area contributed by atoms with Gasteiger partial charge in [-0.25, -0.2) is 0 Å². The van der Waals surface area contributed by atoms with E-state index in [1.165, 1.54) is 15.8 Å². The van der Waals surface area contributed by atoms with E-state index in [0.29, 0.717) is 25.6 Å². The fourth-order valence-electron chi connectivity index (χ4n) is 3.59. The Morgan fingerprint density at radius 1 is 1.30 bits per heavy atom. The molecule has 0 amide bonds. The molecular weight excluding hydrogens is 355 g/mol. The Bertz CT molecular complexity index is 768. The van der Waals surface area contributed by atoms with Gasteiger partial charge in [0, 0.05) is 43.8 Å². The molecule has 1 atom stereocenters. The van der Waals surface area contributed by atoms with E-state index < -0.39 is 12.7 Å². The lowest BCUT2D eigenvalue weighted by Gasteiger charge is -2.18. The topological polar surface area (TPSA) is 55.5 Å². The van der Waals surface area contributed by atoms with Gasteiger partial charge < -0.3 is 15.6 Å². The maximum atomic E-state index is 12.5. The first-order chi connectivity index (χ1) is 12.9. The third-order valence-electron chi connectivity index (χ3n) is 4.92. The van der Waals surface area contributed by atoms with Gasteiger partial charge in [-0.15, -0.1) is 0 Å². The number of para-hydroxylation sites is 1. The molecule has 5 nitrogen and oxygen atoms in total. The lowest BCUT2D eigenvalue weighted by atomic mass is 10.1.